The maximum atomic E-state index is 10.7. The van der Waals surface area contributed by atoms with Gasteiger partial charge in [-0.1, -0.05) is 6.07 Å². The Hall–Kier alpha value is -1.95. The fourth-order valence-corrected chi connectivity index (χ4v) is 1.35. The van der Waals surface area contributed by atoms with Gasteiger partial charge in [-0.2, -0.15) is 0 Å². The largest absolute Gasteiger partial charge is 0.478 e. The number of rotatable bonds is 6. The summed E-state index contributed by atoms with van der Waals surface area (Å²) >= 11 is 0. The monoisotopic (exact) mass is 217 g/mol. The minimum Gasteiger partial charge on any atom is -0.478 e. The van der Waals surface area contributed by atoms with Crippen molar-refractivity contribution in [2.75, 3.05) is 11.9 Å². The first kappa shape index (κ1) is 12.1. The molecule has 0 radical (unpaired) electrons. The van der Waals surface area contributed by atoms with Crippen molar-refractivity contribution < 1.29 is 9.90 Å². The molecule has 0 aliphatic rings. The van der Waals surface area contributed by atoms with E-state index in [1.165, 1.54) is 0 Å². The fraction of sp³-hybridized carbons (Fsp3) is 0.308. The molecule has 0 saturated heterocycles. The van der Waals surface area contributed by atoms with Crippen LogP contribution in [0.5, 0.6) is 0 Å². The first-order valence-electron chi connectivity index (χ1n) is 5.24. The van der Waals surface area contributed by atoms with Crippen LogP contribution in [-0.4, -0.2) is 17.6 Å². The van der Waals surface area contributed by atoms with Crippen LogP contribution in [0.1, 0.15) is 29.6 Å². The Kier molecular flexibility index (Phi) is 4.94. The Morgan fingerprint density at radius 1 is 1.44 bits per heavy atom. The van der Waals surface area contributed by atoms with Crippen molar-refractivity contribution in [2.45, 2.75) is 19.3 Å². The van der Waals surface area contributed by atoms with E-state index < -0.39 is 5.97 Å². The molecule has 84 valence electrons. The van der Waals surface area contributed by atoms with Crippen LogP contribution in [0.2, 0.25) is 0 Å². The molecule has 1 rings (SSSR count). The lowest BCUT2D eigenvalue weighted by Gasteiger charge is -2.06. The molecule has 16 heavy (non-hydrogen) atoms. The Labute approximate surface area is 95.5 Å². The van der Waals surface area contributed by atoms with Gasteiger partial charge in [0.2, 0.25) is 0 Å². The van der Waals surface area contributed by atoms with E-state index >= 15 is 0 Å². The quantitative estimate of drug-likeness (QED) is 0.568. The Morgan fingerprint density at radius 2 is 2.25 bits per heavy atom. The summed E-state index contributed by atoms with van der Waals surface area (Å²) < 4.78 is 0. The average molecular weight is 217 g/mol. The number of hydrogen-bond acceptors (Lipinski definition) is 2. The molecular formula is C13H15NO2. The van der Waals surface area contributed by atoms with Gasteiger partial charge in [0.15, 0.2) is 0 Å². The minimum absolute atomic E-state index is 0.300. The molecule has 0 aliphatic heterocycles. The van der Waals surface area contributed by atoms with Crippen LogP contribution in [-0.2, 0) is 0 Å². The van der Waals surface area contributed by atoms with E-state index in [-0.39, 0.29) is 0 Å². The third-order valence-electron chi connectivity index (χ3n) is 2.19. The van der Waals surface area contributed by atoms with Gasteiger partial charge in [-0.25, -0.2) is 4.79 Å². The second-order valence-electron chi connectivity index (χ2n) is 3.47. The SMILES string of the molecule is C#CCCCCNc1cccc(C(=O)O)c1. The van der Waals surface area contributed by atoms with Gasteiger partial charge in [-0.05, 0) is 31.0 Å². The number of carbonyl (C=O) groups is 1. The minimum atomic E-state index is -0.906. The molecule has 3 heteroatoms. The highest BCUT2D eigenvalue weighted by Gasteiger charge is 2.02. The van der Waals surface area contributed by atoms with Crippen LogP contribution in [0.15, 0.2) is 24.3 Å². The zero-order valence-electron chi connectivity index (χ0n) is 9.07. The number of unbranched alkanes of at least 4 members (excludes halogenated alkanes) is 2. The highest BCUT2D eigenvalue weighted by molar-refractivity contribution is 5.88. The van der Waals surface area contributed by atoms with Crippen molar-refractivity contribution in [3.8, 4) is 12.3 Å². The second-order valence-corrected chi connectivity index (χ2v) is 3.47. The van der Waals surface area contributed by atoms with Crippen LogP contribution in [0, 0.1) is 12.3 Å². The summed E-state index contributed by atoms with van der Waals surface area (Å²) in [4.78, 5) is 10.7. The summed E-state index contributed by atoms with van der Waals surface area (Å²) in [6.07, 6.45) is 7.90. The molecule has 0 aromatic heterocycles. The topological polar surface area (TPSA) is 49.3 Å². The molecule has 0 fully saturated rings. The van der Waals surface area contributed by atoms with Gasteiger partial charge in [0, 0.05) is 18.7 Å². The first-order chi connectivity index (χ1) is 7.74. The number of terminal acetylenes is 1. The maximum Gasteiger partial charge on any atom is 0.335 e. The Morgan fingerprint density at radius 3 is 2.94 bits per heavy atom. The van der Waals surface area contributed by atoms with E-state index in [0.717, 1.165) is 31.5 Å². The van der Waals surface area contributed by atoms with Crippen LogP contribution in [0.3, 0.4) is 0 Å². The molecule has 3 nitrogen and oxygen atoms in total. The van der Waals surface area contributed by atoms with E-state index in [4.69, 9.17) is 11.5 Å². The zero-order valence-corrected chi connectivity index (χ0v) is 9.07. The number of nitrogens with one attached hydrogen (secondary N) is 1. The van der Waals surface area contributed by atoms with Gasteiger partial charge in [0.05, 0.1) is 5.56 Å². The van der Waals surface area contributed by atoms with E-state index in [0.29, 0.717) is 5.56 Å². The summed E-state index contributed by atoms with van der Waals surface area (Å²) in [6, 6.07) is 6.79. The van der Waals surface area contributed by atoms with Crippen molar-refractivity contribution in [1.29, 1.82) is 0 Å². The number of aromatic carboxylic acids is 1. The third-order valence-corrected chi connectivity index (χ3v) is 2.19. The van der Waals surface area contributed by atoms with Gasteiger partial charge in [-0.15, -0.1) is 12.3 Å². The molecule has 1 aromatic rings. The van der Waals surface area contributed by atoms with Crippen molar-refractivity contribution in [1.82, 2.24) is 0 Å². The molecule has 0 spiro atoms. The highest BCUT2D eigenvalue weighted by atomic mass is 16.4. The summed E-state index contributed by atoms with van der Waals surface area (Å²) in [5.74, 6) is 1.68. The number of carboxylic acids is 1. The van der Waals surface area contributed by atoms with Crippen molar-refractivity contribution >= 4 is 11.7 Å². The van der Waals surface area contributed by atoms with Crippen molar-refractivity contribution in [2.24, 2.45) is 0 Å². The Balaban J connectivity index is 2.39. The van der Waals surface area contributed by atoms with Gasteiger partial charge in [-0.3, -0.25) is 0 Å². The first-order valence-corrected chi connectivity index (χ1v) is 5.24. The van der Waals surface area contributed by atoms with E-state index in [9.17, 15) is 4.79 Å². The van der Waals surface area contributed by atoms with Gasteiger partial charge < -0.3 is 10.4 Å². The number of carboxylic acid groups (broad SMARTS) is 1. The van der Waals surface area contributed by atoms with E-state index in [1.54, 1.807) is 18.2 Å². The second kappa shape index (κ2) is 6.52. The molecule has 2 N–H and O–H groups in total. The summed E-state index contributed by atoms with van der Waals surface area (Å²) in [5, 5.41) is 12.0. The lowest BCUT2D eigenvalue weighted by atomic mass is 10.2. The number of hydrogen-bond donors (Lipinski definition) is 2. The predicted octanol–water partition coefficient (Wildman–Crippen LogP) is 2.60. The van der Waals surface area contributed by atoms with Crippen molar-refractivity contribution in [3.05, 3.63) is 29.8 Å². The molecule has 0 heterocycles. The highest BCUT2D eigenvalue weighted by Crippen LogP contribution is 2.10. The van der Waals surface area contributed by atoms with Crippen LogP contribution in [0.25, 0.3) is 0 Å². The van der Waals surface area contributed by atoms with Crippen LogP contribution >= 0.6 is 0 Å². The zero-order chi connectivity index (χ0) is 11.8. The fourth-order valence-electron chi connectivity index (χ4n) is 1.35. The smallest absolute Gasteiger partial charge is 0.335 e. The normalized spacial score (nSPS) is 9.44. The standard InChI is InChI=1S/C13H15NO2/c1-2-3-4-5-9-14-12-8-6-7-11(10-12)13(15)16/h1,6-8,10,14H,3-5,9H2,(H,15,16). The van der Waals surface area contributed by atoms with E-state index in [1.807, 2.05) is 6.07 Å². The van der Waals surface area contributed by atoms with Crippen LogP contribution in [0.4, 0.5) is 5.69 Å². The molecule has 0 bridgehead atoms. The summed E-state index contributed by atoms with van der Waals surface area (Å²) in [5.41, 5.74) is 1.13. The number of anilines is 1. The molecule has 0 unspecified atom stereocenters. The average Bonchev–Trinajstić information content (AvgIpc) is 2.29. The molecule has 0 atom stereocenters. The lowest BCUT2D eigenvalue weighted by Crippen LogP contribution is -2.03. The molecular weight excluding hydrogens is 202 g/mol. The lowest BCUT2D eigenvalue weighted by molar-refractivity contribution is 0.0697. The Bertz CT molecular complexity index is 393. The van der Waals surface area contributed by atoms with Crippen LogP contribution < -0.4 is 5.32 Å². The van der Waals surface area contributed by atoms with Crippen molar-refractivity contribution in [3.63, 3.8) is 0 Å². The molecule has 0 saturated carbocycles. The summed E-state index contributed by atoms with van der Waals surface area (Å²) in [6.45, 7) is 0.810. The molecule has 1 aromatic carbocycles. The summed E-state index contributed by atoms with van der Waals surface area (Å²) in [7, 11) is 0. The third kappa shape index (κ3) is 4.05. The maximum absolute atomic E-state index is 10.7. The van der Waals surface area contributed by atoms with Gasteiger partial charge in [0.25, 0.3) is 0 Å². The molecule has 0 amide bonds. The van der Waals surface area contributed by atoms with Gasteiger partial charge in [0.1, 0.15) is 0 Å². The predicted molar refractivity (Wildman–Crippen MR) is 64.6 cm³/mol. The number of benzene rings is 1. The van der Waals surface area contributed by atoms with E-state index in [2.05, 4.69) is 11.2 Å². The van der Waals surface area contributed by atoms with Gasteiger partial charge >= 0.3 is 5.97 Å². The molecule has 0 aliphatic carbocycles.